The number of carboxylic acid groups (broad SMARTS) is 1. The van der Waals surface area contributed by atoms with E-state index in [-0.39, 0.29) is 11.3 Å². The van der Waals surface area contributed by atoms with Gasteiger partial charge in [-0.05, 0) is 37.3 Å². The van der Waals surface area contributed by atoms with Gasteiger partial charge in [-0.3, -0.25) is 4.79 Å². The maximum Gasteiger partial charge on any atom is 0.335 e. The Morgan fingerprint density at radius 2 is 1.68 bits per heavy atom. The molecular weight excluding hydrogens is 284 g/mol. The molecule has 22 heavy (non-hydrogen) atoms. The van der Waals surface area contributed by atoms with Crippen molar-refractivity contribution < 1.29 is 24.2 Å². The molecule has 0 spiro atoms. The van der Waals surface area contributed by atoms with Crippen LogP contribution in [0, 0.1) is 0 Å². The molecule has 114 valence electrons. The van der Waals surface area contributed by atoms with Crippen LogP contribution in [-0.2, 0) is 0 Å². The number of benzene rings is 2. The zero-order valence-corrected chi connectivity index (χ0v) is 12.3. The van der Waals surface area contributed by atoms with Gasteiger partial charge >= 0.3 is 5.97 Å². The summed E-state index contributed by atoms with van der Waals surface area (Å²) in [5.74, 6) is -0.265. The van der Waals surface area contributed by atoms with E-state index in [1.54, 1.807) is 18.2 Å². The topological polar surface area (TPSA) is 72.8 Å². The fourth-order valence-corrected chi connectivity index (χ4v) is 2.01. The number of carbonyl (C=O) groups excluding carboxylic acids is 1. The van der Waals surface area contributed by atoms with E-state index in [9.17, 15) is 9.59 Å². The Hall–Kier alpha value is -2.82. The third-order valence-electron chi connectivity index (χ3n) is 3.13. The first-order chi connectivity index (χ1) is 10.6. The number of hydrogen-bond acceptors (Lipinski definition) is 4. The van der Waals surface area contributed by atoms with Gasteiger partial charge in [0.2, 0.25) is 0 Å². The Labute approximate surface area is 128 Å². The van der Waals surface area contributed by atoms with Crippen LogP contribution in [0.15, 0.2) is 42.5 Å². The lowest BCUT2D eigenvalue weighted by atomic mass is 10.0. The quantitative estimate of drug-likeness (QED) is 0.830. The largest absolute Gasteiger partial charge is 0.497 e. The van der Waals surface area contributed by atoms with Crippen LogP contribution in [0.4, 0.5) is 0 Å². The molecule has 0 heterocycles. The average molecular weight is 300 g/mol. The van der Waals surface area contributed by atoms with E-state index in [0.29, 0.717) is 29.2 Å². The monoisotopic (exact) mass is 300 g/mol. The Morgan fingerprint density at radius 3 is 2.23 bits per heavy atom. The van der Waals surface area contributed by atoms with Crippen molar-refractivity contribution in [2.45, 2.75) is 6.92 Å². The second-order valence-electron chi connectivity index (χ2n) is 4.51. The lowest BCUT2D eigenvalue weighted by molar-refractivity contribution is 0.0696. The molecule has 0 aliphatic carbocycles. The summed E-state index contributed by atoms with van der Waals surface area (Å²) < 4.78 is 10.6. The molecule has 0 aliphatic rings. The molecule has 5 heteroatoms. The molecule has 0 aliphatic heterocycles. The van der Waals surface area contributed by atoms with Crippen LogP contribution in [0.3, 0.4) is 0 Å². The van der Waals surface area contributed by atoms with E-state index in [4.69, 9.17) is 14.6 Å². The van der Waals surface area contributed by atoms with E-state index in [1.807, 2.05) is 6.92 Å². The molecule has 2 aromatic rings. The third-order valence-corrected chi connectivity index (χ3v) is 3.13. The predicted molar refractivity (Wildman–Crippen MR) is 81.0 cm³/mol. The molecule has 2 aromatic carbocycles. The van der Waals surface area contributed by atoms with Crippen molar-refractivity contribution in [2.75, 3.05) is 13.7 Å². The highest BCUT2D eigenvalue weighted by Crippen LogP contribution is 2.26. The van der Waals surface area contributed by atoms with Gasteiger partial charge in [0.05, 0.1) is 24.8 Å². The summed E-state index contributed by atoms with van der Waals surface area (Å²) in [6.07, 6.45) is 0. The number of carboxylic acids is 1. The van der Waals surface area contributed by atoms with Gasteiger partial charge in [0, 0.05) is 5.56 Å². The van der Waals surface area contributed by atoms with Crippen molar-refractivity contribution in [3.63, 3.8) is 0 Å². The van der Waals surface area contributed by atoms with Gasteiger partial charge in [-0.2, -0.15) is 0 Å². The minimum atomic E-state index is -1.03. The molecule has 0 amide bonds. The smallest absolute Gasteiger partial charge is 0.335 e. The van der Waals surface area contributed by atoms with E-state index < -0.39 is 5.97 Å². The highest BCUT2D eigenvalue weighted by atomic mass is 16.5. The fourth-order valence-electron chi connectivity index (χ4n) is 2.01. The Kier molecular flexibility index (Phi) is 4.78. The number of methoxy groups -OCH3 is 1. The maximum atomic E-state index is 12.6. The number of ketones is 1. The van der Waals surface area contributed by atoms with Gasteiger partial charge in [0.25, 0.3) is 0 Å². The number of carbonyl (C=O) groups is 2. The number of hydrogen-bond donors (Lipinski definition) is 1. The van der Waals surface area contributed by atoms with Crippen molar-refractivity contribution in [3.8, 4) is 11.5 Å². The summed E-state index contributed by atoms with van der Waals surface area (Å²) >= 11 is 0. The minimum absolute atomic E-state index is 0.132. The number of aromatic carboxylic acids is 1. The first kappa shape index (κ1) is 15.6. The molecule has 0 saturated heterocycles. The zero-order valence-electron chi connectivity index (χ0n) is 12.3. The van der Waals surface area contributed by atoms with E-state index in [1.165, 1.54) is 31.4 Å². The van der Waals surface area contributed by atoms with Crippen LogP contribution in [-0.4, -0.2) is 30.6 Å². The molecule has 0 aromatic heterocycles. The van der Waals surface area contributed by atoms with Gasteiger partial charge in [0.15, 0.2) is 5.78 Å². The maximum absolute atomic E-state index is 12.6. The molecule has 1 N–H and O–H groups in total. The van der Waals surface area contributed by atoms with Crippen LogP contribution < -0.4 is 9.47 Å². The minimum Gasteiger partial charge on any atom is -0.497 e. The first-order valence-corrected chi connectivity index (χ1v) is 6.75. The summed E-state index contributed by atoms with van der Waals surface area (Å²) in [5, 5.41) is 8.89. The molecular formula is C17H16O5. The summed E-state index contributed by atoms with van der Waals surface area (Å²) in [6.45, 7) is 2.27. The van der Waals surface area contributed by atoms with Gasteiger partial charge < -0.3 is 14.6 Å². The van der Waals surface area contributed by atoms with Gasteiger partial charge in [-0.25, -0.2) is 4.79 Å². The lowest BCUT2D eigenvalue weighted by Crippen LogP contribution is -2.06. The van der Waals surface area contributed by atoms with Crippen molar-refractivity contribution in [3.05, 3.63) is 59.2 Å². The van der Waals surface area contributed by atoms with E-state index in [2.05, 4.69) is 0 Å². The van der Waals surface area contributed by atoms with Gasteiger partial charge in [-0.1, -0.05) is 12.1 Å². The summed E-state index contributed by atoms with van der Waals surface area (Å²) in [7, 11) is 1.52. The Balaban J connectivity index is 2.40. The van der Waals surface area contributed by atoms with Crippen LogP contribution in [0.1, 0.15) is 33.2 Å². The predicted octanol–water partition coefficient (Wildman–Crippen LogP) is 3.02. The number of ether oxygens (including phenoxy) is 2. The Morgan fingerprint density at radius 1 is 1.05 bits per heavy atom. The molecule has 5 nitrogen and oxygen atoms in total. The number of rotatable bonds is 6. The SMILES string of the molecule is CCOc1ccc(OC)cc1C(=O)c1ccc(C(=O)O)cc1. The average Bonchev–Trinajstić information content (AvgIpc) is 2.55. The molecule has 0 saturated carbocycles. The summed E-state index contributed by atoms with van der Waals surface area (Å²) in [6, 6.07) is 10.8. The standard InChI is InChI=1S/C17H16O5/c1-3-22-15-9-8-13(21-2)10-14(15)16(18)11-4-6-12(7-5-11)17(19)20/h4-10H,3H2,1-2H3,(H,19,20). The normalized spacial score (nSPS) is 10.1. The van der Waals surface area contributed by atoms with E-state index in [0.717, 1.165) is 0 Å². The lowest BCUT2D eigenvalue weighted by Gasteiger charge is -2.11. The first-order valence-electron chi connectivity index (χ1n) is 6.75. The Bertz CT molecular complexity index is 689. The van der Waals surface area contributed by atoms with Crippen LogP contribution in [0.5, 0.6) is 11.5 Å². The highest BCUT2D eigenvalue weighted by Gasteiger charge is 2.16. The van der Waals surface area contributed by atoms with Gasteiger partial charge in [0.1, 0.15) is 11.5 Å². The molecule has 0 radical (unpaired) electrons. The van der Waals surface area contributed by atoms with Crippen molar-refractivity contribution in [1.29, 1.82) is 0 Å². The zero-order chi connectivity index (χ0) is 16.1. The second-order valence-corrected chi connectivity index (χ2v) is 4.51. The highest BCUT2D eigenvalue weighted by molar-refractivity contribution is 6.11. The third kappa shape index (κ3) is 3.25. The summed E-state index contributed by atoms with van der Waals surface area (Å²) in [4.78, 5) is 23.5. The molecule has 0 fully saturated rings. The van der Waals surface area contributed by atoms with Crippen molar-refractivity contribution in [1.82, 2.24) is 0 Å². The molecule has 0 atom stereocenters. The van der Waals surface area contributed by atoms with Crippen LogP contribution >= 0.6 is 0 Å². The summed E-state index contributed by atoms with van der Waals surface area (Å²) in [5.41, 5.74) is 0.899. The van der Waals surface area contributed by atoms with Crippen molar-refractivity contribution in [2.24, 2.45) is 0 Å². The molecule has 0 bridgehead atoms. The van der Waals surface area contributed by atoms with Crippen LogP contribution in [0.2, 0.25) is 0 Å². The van der Waals surface area contributed by atoms with Crippen molar-refractivity contribution >= 4 is 11.8 Å². The molecule has 0 unspecified atom stereocenters. The second kappa shape index (κ2) is 6.76. The van der Waals surface area contributed by atoms with Gasteiger partial charge in [-0.15, -0.1) is 0 Å². The molecule has 2 rings (SSSR count). The van der Waals surface area contributed by atoms with E-state index >= 15 is 0 Å². The fraction of sp³-hybridized carbons (Fsp3) is 0.176. The van der Waals surface area contributed by atoms with Crippen LogP contribution in [0.25, 0.3) is 0 Å².